The van der Waals surface area contributed by atoms with Crippen molar-refractivity contribution in [3.05, 3.63) is 94.7 Å². The summed E-state index contributed by atoms with van der Waals surface area (Å²) >= 11 is 9.08. The molecular weight excluding hydrogens is 587 g/mol. The molecule has 3 heterocycles. The number of anilines is 2. The Hall–Kier alpha value is -3.80. The van der Waals surface area contributed by atoms with E-state index in [0.717, 1.165) is 5.69 Å². The molecule has 39 heavy (non-hydrogen) atoms. The lowest BCUT2D eigenvalue weighted by atomic mass is 10.0. The number of ether oxygens (including phenoxy) is 2. The van der Waals surface area contributed by atoms with Gasteiger partial charge in [0.2, 0.25) is 5.91 Å². The molecule has 11 heteroatoms. The topological polar surface area (TPSA) is 88.9 Å². The number of nitrogens with zero attached hydrogens (tertiary/aromatic N) is 2. The number of rotatable bonds is 8. The number of methoxy groups -OCH3 is 2. The van der Waals surface area contributed by atoms with Gasteiger partial charge in [-0.05, 0) is 72.9 Å². The van der Waals surface area contributed by atoms with Gasteiger partial charge in [-0.2, -0.15) is 0 Å². The van der Waals surface area contributed by atoms with Crippen LogP contribution in [-0.2, 0) is 9.53 Å². The van der Waals surface area contributed by atoms with E-state index in [1.807, 2.05) is 35.2 Å². The molecule has 2 aromatic heterocycles. The summed E-state index contributed by atoms with van der Waals surface area (Å²) in [6, 6.07) is 18.5. The molecule has 1 fully saturated rings. The van der Waals surface area contributed by atoms with Crippen molar-refractivity contribution >= 4 is 50.5 Å². The fourth-order valence-corrected chi connectivity index (χ4v) is 5.21. The summed E-state index contributed by atoms with van der Waals surface area (Å²) in [5.74, 6) is 0.677. The summed E-state index contributed by atoms with van der Waals surface area (Å²) < 4.78 is 32.0. The molecule has 1 amide bonds. The maximum atomic E-state index is 14.7. The fraction of sp³-hybridized carbons (Fsp3) is 0.179. The molecule has 8 nitrogen and oxygen atoms in total. The third-order valence-corrected chi connectivity index (χ3v) is 7.03. The Balaban J connectivity index is 1.59. The van der Waals surface area contributed by atoms with Crippen LogP contribution in [0.15, 0.2) is 81.8 Å². The number of thiocarbonyl (C=S) groups is 1. The van der Waals surface area contributed by atoms with E-state index in [2.05, 4.69) is 31.5 Å². The van der Waals surface area contributed by atoms with Crippen LogP contribution in [0.2, 0.25) is 0 Å². The first kappa shape index (κ1) is 26.8. The monoisotopic (exact) mass is 610 g/mol. The van der Waals surface area contributed by atoms with Gasteiger partial charge in [0.05, 0.1) is 30.1 Å². The second-order valence-electron chi connectivity index (χ2n) is 8.69. The normalized spacial score (nSPS) is 16.7. The Labute approximate surface area is 238 Å². The van der Waals surface area contributed by atoms with Gasteiger partial charge >= 0.3 is 0 Å². The van der Waals surface area contributed by atoms with Crippen molar-refractivity contribution in [2.75, 3.05) is 31.0 Å². The molecule has 0 radical (unpaired) electrons. The fourth-order valence-electron chi connectivity index (χ4n) is 4.53. The average Bonchev–Trinajstić information content (AvgIpc) is 3.54. The summed E-state index contributed by atoms with van der Waals surface area (Å²) in [5.41, 5.74) is 2.22. The van der Waals surface area contributed by atoms with E-state index in [9.17, 15) is 9.18 Å². The first-order valence-electron chi connectivity index (χ1n) is 11.9. The lowest BCUT2D eigenvalue weighted by molar-refractivity contribution is -0.119. The number of amides is 1. The maximum Gasteiger partial charge on any atom is 0.250 e. The molecule has 0 unspecified atom stereocenters. The van der Waals surface area contributed by atoms with Crippen molar-refractivity contribution in [3.63, 3.8) is 0 Å². The van der Waals surface area contributed by atoms with Gasteiger partial charge in [0, 0.05) is 23.5 Å². The molecular formula is C28H24BrFN4O4S. The van der Waals surface area contributed by atoms with Crippen LogP contribution in [0.5, 0.6) is 5.75 Å². The van der Waals surface area contributed by atoms with Crippen LogP contribution in [0.1, 0.15) is 23.5 Å². The summed E-state index contributed by atoms with van der Waals surface area (Å²) in [6.07, 6.45) is 1.71. The quantitative estimate of drug-likeness (QED) is 0.234. The Morgan fingerprint density at radius 1 is 1.18 bits per heavy atom. The van der Waals surface area contributed by atoms with Crippen LogP contribution >= 0.6 is 28.1 Å². The Kier molecular flexibility index (Phi) is 7.92. The zero-order valence-corrected chi connectivity index (χ0v) is 23.4. The van der Waals surface area contributed by atoms with Crippen molar-refractivity contribution < 1.29 is 23.1 Å². The van der Waals surface area contributed by atoms with E-state index >= 15 is 0 Å². The van der Waals surface area contributed by atoms with Crippen molar-refractivity contribution in [1.29, 1.82) is 0 Å². The highest BCUT2D eigenvalue weighted by molar-refractivity contribution is 9.10. The summed E-state index contributed by atoms with van der Waals surface area (Å²) in [6.45, 7) is -0.108. The van der Waals surface area contributed by atoms with Gasteiger partial charge in [-0.15, -0.1) is 0 Å². The minimum atomic E-state index is -0.476. The van der Waals surface area contributed by atoms with Gasteiger partial charge in [0.1, 0.15) is 35.7 Å². The molecule has 2 N–H and O–H groups in total. The molecule has 200 valence electrons. The van der Waals surface area contributed by atoms with E-state index < -0.39 is 11.9 Å². The summed E-state index contributed by atoms with van der Waals surface area (Å²) in [4.78, 5) is 18.7. The molecule has 5 rings (SSSR count). The highest BCUT2D eigenvalue weighted by Gasteiger charge is 2.43. The van der Waals surface area contributed by atoms with Gasteiger partial charge in [-0.3, -0.25) is 9.78 Å². The Morgan fingerprint density at radius 3 is 2.74 bits per heavy atom. The molecule has 0 bridgehead atoms. The van der Waals surface area contributed by atoms with E-state index in [0.29, 0.717) is 43.8 Å². The molecule has 1 aliphatic heterocycles. The lowest BCUT2D eigenvalue weighted by Gasteiger charge is -2.27. The van der Waals surface area contributed by atoms with Gasteiger partial charge in [-0.1, -0.05) is 22.0 Å². The summed E-state index contributed by atoms with van der Waals surface area (Å²) in [5, 5.41) is 6.61. The number of furan rings is 1. The van der Waals surface area contributed by atoms with Gasteiger partial charge in [0.15, 0.2) is 5.11 Å². The number of carbonyl (C=O) groups excluding carboxylic acids is 1. The zero-order valence-electron chi connectivity index (χ0n) is 21.0. The molecule has 2 atom stereocenters. The van der Waals surface area contributed by atoms with Gasteiger partial charge in [-0.25, -0.2) is 4.39 Å². The third kappa shape index (κ3) is 5.51. The minimum absolute atomic E-state index is 0.108. The molecule has 0 spiro atoms. The van der Waals surface area contributed by atoms with Crippen molar-refractivity contribution in [3.8, 4) is 17.1 Å². The maximum absolute atomic E-state index is 14.7. The minimum Gasteiger partial charge on any atom is -0.495 e. The predicted octanol–water partition coefficient (Wildman–Crippen LogP) is 6.01. The van der Waals surface area contributed by atoms with Crippen LogP contribution in [0.3, 0.4) is 0 Å². The Morgan fingerprint density at radius 2 is 2.03 bits per heavy atom. The largest absolute Gasteiger partial charge is 0.495 e. The van der Waals surface area contributed by atoms with Crippen LogP contribution in [0.25, 0.3) is 11.3 Å². The SMILES string of the molecule is COCC(=O)Nc1cc(N2C(=S)N[C@H](c3ccccn3)[C@H]2c2ccc(-c3ccc(Br)cc3F)o2)ccc1OC. The first-order chi connectivity index (χ1) is 18.9. The number of hydrogen-bond donors (Lipinski definition) is 2. The molecule has 0 aliphatic carbocycles. The van der Waals surface area contributed by atoms with Crippen molar-refractivity contribution in [2.45, 2.75) is 12.1 Å². The van der Waals surface area contributed by atoms with Crippen LogP contribution in [-0.4, -0.2) is 36.8 Å². The molecule has 1 aliphatic rings. The number of pyridine rings is 1. The van der Waals surface area contributed by atoms with Crippen molar-refractivity contribution in [2.24, 2.45) is 0 Å². The first-order valence-corrected chi connectivity index (χ1v) is 13.1. The number of benzene rings is 2. The third-order valence-electron chi connectivity index (χ3n) is 6.22. The second-order valence-corrected chi connectivity index (χ2v) is 9.99. The Bertz CT molecular complexity index is 1520. The molecule has 2 aromatic carbocycles. The number of aromatic nitrogens is 1. The lowest BCUT2D eigenvalue weighted by Crippen LogP contribution is -2.29. The molecule has 4 aromatic rings. The number of halogens is 2. The highest BCUT2D eigenvalue weighted by atomic mass is 79.9. The van der Waals surface area contributed by atoms with Gasteiger partial charge < -0.3 is 29.4 Å². The number of carbonyl (C=O) groups is 1. The van der Waals surface area contributed by atoms with Gasteiger partial charge in [0.25, 0.3) is 0 Å². The number of hydrogen-bond acceptors (Lipinski definition) is 6. The van der Waals surface area contributed by atoms with E-state index in [1.165, 1.54) is 20.3 Å². The number of nitrogens with one attached hydrogen (secondary N) is 2. The van der Waals surface area contributed by atoms with E-state index in [1.54, 1.807) is 36.5 Å². The van der Waals surface area contributed by atoms with Crippen molar-refractivity contribution in [1.82, 2.24) is 10.3 Å². The second kappa shape index (κ2) is 11.5. The summed E-state index contributed by atoms with van der Waals surface area (Å²) in [7, 11) is 2.97. The smallest absolute Gasteiger partial charge is 0.250 e. The van der Waals surface area contributed by atoms with Crippen LogP contribution in [0, 0.1) is 5.82 Å². The van der Waals surface area contributed by atoms with Crippen LogP contribution in [0.4, 0.5) is 15.8 Å². The van der Waals surface area contributed by atoms with E-state index in [-0.39, 0.29) is 18.6 Å². The predicted molar refractivity (Wildman–Crippen MR) is 153 cm³/mol. The molecule has 0 saturated carbocycles. The average molecular weight is 611 g/mol. The van der Waals surface area contributed by atoms with Crippen LogP contribution < -0.4 is 20.3 Å². The highest BCUT2D eigenvalue weighted by Crippen LogP contribution is 2.44. The zero-order chi connectivity index (χ0) is 27.5. The standard InChI is InChI=1S/C28H24BrFN4O4S/c1-36-15-25(35)32-21-14-17(7-9-23(21)37-2)34-27(26(33-28(34)39)20-5-3-4-12-31-20)24-11-10-22(38-24)18-8-6-16(29)13-19(18)30/h3-14,26-27H,15H2,1-2H3,(H,32,35)(H,33,39)/t26-,27-/m1/s1. The van der Waals surface area contributed by atoms with E-state index in [4.69, 9.17) is 26.1 Å². The molecule has 1 saturated heterocycles.